The monoisotopic (exact) mass is 262 g/mol. The highest BCUT2D eigenvalue weighted by Crippen LogP contribution is 2.17. The van der Waals surface area contributed by atoms with E-state index in [1.807, 2.05) is 38.1 Å². The lowest BCUT2D eigenvalue weighted by Crippen LogP contribution is -2.40. The SMILES string of the molecule is CCOc1ccc(NC(=O)[C@@H](C)N2CCCC2)cc1. The van der Waals surface area contributed by atoms with E-state index in [0.29, 0.717) is 6.61 Å². The molecule has 1 fully saturated rings. The lowest BCUT2D eigenvalue weighted by molar-refractivity contribution is -0.120. The summed E-state index contributed by atoms with van der Waals surface area (Å²) in [6.07, 6.45) is 2.39. The fraction of sp³-hybridized carbons (Fsp3) is 0.533. The minimum absolute atomic E-state index is 0.0610. The van der Waals surface area contributed by atoms with Crippen LogP contribution in [0.25, 0.3) is 0 Å². The zero-order valence-electron chi connectivity index (χ0n) is 11.7. The van der Waals surface area contributed by atoms with E-state index in [0.717, 1.165) is 24.5 Å². The van der Waals surface area contributed by atoms with E-state index in [-0.39, 0.29) is 11.9 Å². The van der Waals surface area contributed by atoms with E-state index >= 15 is 0 Å². The Labute approximate surface area is 114 Å². The van der Waals surface area contributed by atoms with Crippen LogP contribution in [0.15, 0.2) is 24.3 Å². The third-order valence-corrected chi connectivity index (χ3v) is 3.50. The van der Waals surface area contributed by atoms with Gasteiger partial charge in [-0.2, -0.15) is 0 Å². The van der Waals surface area contributed by atoms with Crippen LogP contribution < -0.4 is 10.1 Å². The van der Waals surface area contributed by atoms with Gasteiger partial charge in [0, 0.05) is 5.69 Å². The summed E-state index contributed by atoms with van der Waals surface area (Å²) in [7, 11) is 0. The first-order valence-electron chi connectivity index (χ1n) is 6.98. The molecule has 1 aromatic carbocycles. The number of nitrogens with one attached hydrogen (secondary N) is 1. The summed E-state index contributed by atoms with van der Waals surface area (Å²) in [6, 6.07) is 7.44. The molecule has 1 heterocycles. The van der Waals surface area contributed by atoms with Gasteiger partial charge in [0.05, 0.1) is 12.6 Å². The standard InChI is InChI=1S/C15H22N2O2/c1-3-19-14-8-6-13(7-9-14)16-15(18)12(2)17-10-4-5-11-17/h6-9,12H,3-5,10-11H2,1-2H3,(H,16,18)/t12-/m1/s1. The Bertz CT molecular complexity index is 411. The van der Waals surface area contributed by atoms with E-state index in [1.54, 1.807) is 0 Å². The Hall–Kier alpha value is -1.55. The first-order valence-corrected chi connectivity index (χ1v) is 6.98. The van der Waals surface area contributed by atoms with Crippen LogP contribution in [0.3, 0.4) is 0 Å². The Morgan fingerprint density at radius 2 is 1.95 bits per heavy atom. The lowest BCUT2D eigenvalue weighted by Gasteiger charge is -2.22. The number of benzene rings is 1. The van der Waals surface area contributed by atoms with Crippen LogP contribution in [-0.2, 0) is 4.79 Å². The van der Waals surface area contributed by atoms with Gasteiger partial charge in [0.25, 0.3) is 0 Å². The van der Waals surface area contributed by atoms with Crippen molar-refractivity contribution in [2.45, 2.75) is 32.7 Å². The molecule has 1 amide bonds. The maximum absolute atomic E-state index is 12.1. The number of amides is 1. The molecule has 2 rings (SSSR count). The normalized spacial score (nSPS) is 17.2. The molecule has 0 saturated carbocycles. The van der Waals surface area contributed by atoms with Crippen molar-refractivity contribution in [1.29, 1.82) is 0 Å². The van der Waals surface area contributed by atoms with Gasteiger partial charge in [0.2, 0.25) is 5.91 Å². The molecule has 1 N–H and O–H groups in total. The van der Waals surface area contributed by atoms with Crippen LogP contribution in [0.4, 0.5) is 5.69 Å². The zero-order valence-corrected chi connectivity index (χ0v) is 11.7. The van der Waals surface area contributed by atoms with E-state index in [4.69, 9.17) is 4.74 Å². The molecule has 1 aliphatic heterocycles. The van der Waals surface area contributed by atoms with Gasteiger partial charge in [-0.25, -0.2) is 0 Å². The topological polar surface area (TPSA) is 41.6 Å². The molecular formula is C15H22N2O2. The minimum atomic E-state index is -0.0610. The second kappa shape index (κ2) is 6.57. The highest BCUT2D eigenvalue weighted by atomic mass is 16.5. The second-order valence-electron chi connectivity index (χ2n) is 4.87. The van der Waals surface area contributed by atoms with Gasteiger partial charge in [-0.1, -0.05) is 0 Å². The number of likely N-dealkylation sites (tertiary alicyclic amines) is 1. The van der Waals surface area contributed by atoms with Crippen molar-refractivity contribution in [3.63, 3.8) is 0 Å². The third-order valence-electron chi connectivity index (χ3n) is 3.50. The average molecular weight is 262 g/mol. The van der Waals surface area contributed by atoms with Crippen molar-refractivity contribution in [2.75, 3.05) is 25.0 Å². The van der Waals surface area contributed by atoms with E-state index in [1.165, 1.54) is 12.8 Å². The lowest BCUT2D eigenvalue weighted by atomic mass is 10.2. The fourth-order valence-electron chi connectivity index (χ4n) is 2.34. The molecule has 1 saturated heterocycles. The second-order valence-corrected chi connectivity index (χ2v) is 4.87. The van der Waals surface area contributed by atoms with Crippen molar-refractivity contribution in [1.82, 2.24) is 4.90 Å². The van der Waals surface area contributed by atoms with Crippen molar-refractivity contribution in [3.05, 3.63) is 24.3 Å². The molecule has 1 atom stereocenters. The number of rotatable bonds is 5. The predicted octanol–water partition coefficient (Wildman–Crippen LogP) is 2.51. The van der Waals surface area contributed by atoms with Gasteiger partial charge in [0.15, 0.2) is 0 Å². The molecule has 1 aliphatic rings. The Morgan fingerprint density at radius 1 is 1.32 bits per heavy atom. The number of hydrogen-bond acceptors (Lipinski definition) is 3. The summed E-state index contributed by atoms with van der Waals surface area (Å²) in [4.78, 5) is 14.4. The number of carbonyl (C=O) groups excluding carboxylic acids is 1. The highest BCUT2D eigenvalue weighted by Gasteiger charge is 2.23. The van der Waals surface area contributed by atoms with Gasteiger partial charge in [-0.05, 0) is 64.0 Å². The van der Waals surface area contributed by atoms with Gasteiger partial charge in [-0.3, -0.25) is 9.69 Å². The molecule has 0 aliphatic carbocycles. The number of carbonyl (C=O) groups is 1. The third kappa shape index (κ3) is 3.70. The van der Waals surface area contributed by atoms with E-state index in [9.17, 15) is 4.79 Å². The van der Waals surface area contributed by atoms with Gasteiger partial charge in [-0.15, -0.1) is 0 Å². The highest BCUT2D eigenvalue weighted by molar-refractivity contribution is 5.94. The maximum atomic E-state index is 12.1. The average Bonchev–Trinajstić information content (AvgIpc) is 2.94. The maximum Gasteiger partial charge on any atom is 0.241 e. The van der Waals surface area contributed by atoms with Crippen LogP contribution in [0.2, 0.25) is 0 Å². The first-order chi connectivity index (χ1) is 9.20. The van der Waals surface area contributed by atoms with Gasteiger partial charge >= 0.3 is 0 Å². The molecular weight excluding hydrogens is 240 g/mol. The number of anilines is 1. The summed E-state index contributed by atoms with van der Waals surface area (Å²) in [5, 5.41) is 2.95. The van der Waals surface area contributed by atoms with E-state index < -0.39 is 0 Å². The summed E-state index contributed by atoms with van der Waals surface area (Å²) in [6.45, 7) is 6.62. The Kier molecular flexibility index (Phi) is 4.80. The summed E-state index contributed by atoms with van der Waals surface area (Å²) < 4.78 is 5.37. The molecule has 1 aromatic rings. The summed E-state index contributed by atoms with van der Waals surface area (Å²) >= 11 is 0. The molecule has 19 heavy (non-hydrogen) atoms. The number of ether oxygens (including phenoxy) is 1. The van der Waals surface area contributed by atoms with Crippen molar-refractivity contribution < 1.29 is 9.53 Å². The largest absolute Gasteiger partial charge is 0.494 e. The van der Waals surface area contributed by atoms with Crippen LogP contribution in [0.5, 0.6) is 5.75 Å². The fourth-order valence-corrected chi connectivity index (χ4v) is 2.34. The molecule has 4 nitrogen and oxygen atoms in total. The smallest absolute Gasteiger partial charge is 0.241 e. The Balaban J connectivity index is 1.90. The zero-order chi connectivity index (χ0) is 13.7. The van der Waals surface area contributed by atoms with Crippen LogP contribution in [0, 0.1) is 0 Å². The van der Waals surface area contributed by atoms with Crippen molar-refractivity contribution in [2.24, 2.45) is 0 Å². The molecule has 0 unspecified atom stereocenters. The van der Waals surface area contributed by atoms with E-state index in [2.05, 4.69) is 10.2 Å². The van der Waals surface area contributed by atoms with Crippen LogP contribution in [-0.4, -0.2) is 36.5 Å². The molecule has 0 spiro atoms. The quantitative estimate of drug-likeness (QED) is 0.886. The number of nitrogens with zero attached hydrogens (tertiary/aromatic N) is 1. The van der Waals surface area contributed by atoms with Crippen LogP contribution in [0.1, 0.15) is 26.7 Å². The number of hydrogen-bond donors (Lipinski definition) is 1. The molecule has 0 aromatic heterocycles. The Morgan fingerprint density at radius 3 is 2.53 bits per heavy atom. The summed E-state index contributed by atoms with van der Waals surface area (Å²) in [5.41, 5.74) is 0.819. The molecule has 4 heteroatoms. The van der Waals surface area contributed by atoms with Crippen molar-refractivity contribution in [3.8, 4) is 5.75 Å². The summed E-state index contributed by atoms with van der Waals surface area (Å²) in [5.74, 6) is 0.888. The van der Waals surface area contributed by atoms with Crippen LogP contribution >= 0.6 is 0 Å². The molecule has 0 radical (unpaired) electrons. The van der Waals surface area contributed by atoms with Gasteiger partial charge in [0.1, 0.15) is 5.75 Å². The predicted molar refractivity (Wildman–Crippen MR) is 76.5 cm³/mol. The molecule has 0 bridgehead atoms. The molecule has 104 valence electrons. The minimum Gasteiger partial charge on any atom is -0.494 e. The van der Waals surface area contributed by atoms with Crippen molar-refractivity contribution >= 4 is 11.6 Å². The first kappa shape index (κ1) is 13.9. The van der Waals surface area contributed by atoms with Gasteiger partial charge < -0.3 is 10.1 Å².